The molecule has 0 fully saturated rings. The van der Waals surface area contributed by atoms with E-state index >= 15 is 0 Å². The SMILES string of the molecule is CCOC(=O)C1=C(C)N=c2s/c(=C/c3cc(Br)c(OC)c(I)c3)c(=O)n2[C@@H]1c1ccc(C)cc1. The average Bonchev–Trinajstić information content (AvgIpc) is 3.08. The Morgan fingerprint density at radius 2 is 1.97 bits per heavy atom. The molecule has 4 rings (SSSR count). The largest absolute Gasteiger partial charge is 0.494 e. The van der Waals surface area contributed by atoms with Gasteiger partial charge in [0.15, 0.2) is 4.80 Å². The molecule has 1 atom stereocenters. The van der Waals surface area contributed by atoms with E-state index in [0.717, 1.165) is 30.5 Å². The number of allylic oxidation sites excluding steroid dienone is 1. The number of hydrogen-bond donors (Lipinski definition) is 0. The van der Waals surface area contributed by atoms with Gasteiger partial charge in [-0.15, -0.1) is 0 Å². The highest BCUT2D eigenvalue weighted by Gasteiger charge is 2.33. The number of ether oxygens (including phenoxy) is 2. The summed E-state index contributed by atoms with van der Waals surface area (Å²) in [5, 5.41) is 0. The maximum absolute atomic E-state index is 13.7. The number of aryl methyl sites for hydroxylation is 1. The Kier molecular flexibility index (Phi) is 7.44. The van der Waals surface area contributed by atoms with E-state index in [0.29, 0.717) is 20.6 Å². The molecule has 0 spiro atoms. The van der Waals surface area contributed by atoms with Crippen LogP contribution in [0, 0.1) is 10.5 Å². The first-order valence-electron chi connectivity index (χ1n) is 10.5. The number of nitrogens with zero attached hydrogens (tertiary/aromatic N) is 2. The Morgan fingerprint density at radius 3 is 2.59 bits per heavy atom. The van der Waals surface area contributed by atoms with Gasteiger partial charge in [0.05, 0.1) is 43.6 Å². The van der Waals surface area contributed by atoms with Gasteiger partial charge in [-0.1, -0.05) is 41.2 Å². The number of esters is 1. The number of halogens is 2. The molecule has 176 valence electrons. The van der Waals surface area contributed by atoms with Gasteiger partial charge in [-0.2, -0.15) is 0 Å². The van der Waals surface area contributed by atoms with Crippen LogP contribution in [0.1, 0.15) is 36.6 Å². The third-order valence-electron chi connectivity index (χ3n) is 5.43. The van der Waals surface area contributed by atoms with Crippen LogP contribution in [0.25, 0.3) is 6.08 Å². The highest BCUT2D eigenvalue weighted by molar-refractivity contribution is 14.1. The molecule has 2 heterocycles. The molecule has 2 aromatic carbocycles. The summed E-state index contributed by atoms with van der Waals surface area (Å²) in [6.45, 7) is 5.79. The minimum absolute atomic E-state index is 0.203. The monoisotopic (exact) mass is 652 g/mol. The van der Waals surface area contributed by atoms with Crippen LogP contribution in [0.2, 0.25) is 0 Å². The van der Waals surface area contributed by atoms with Gasteiger partial charge >= 0.3 is 5.97 Å². The van der Waals surface area contributed by atoms with Gasteiger partial charge in [0.25, 0.3) is 5.56 Å². The second-order valence-corrected chi connectivity index (χ2v) is 10.8. The predicted molar refractivity (Wildman–Crippen MR) is 145 cm³/mol. The van der Waals surface area contributed by atoms with Crippen LogP contribution in [0.15, 0.2) is 61.9 Å². The van der Waals surface area contributed by atoms with Crippen molar-refractivity contribution >= 4 is 61.9 Å². The van der Waals surface area contributed by atoms with E-state index in [1.54, 1.807) is 25.5 Å². The van der Waals surface area contributed by atoms with Crippen molar-refractivity contribution in [2.75, 3.05) is 13.7 Å². The van der Waals surface area contributed by atoms with E-state index in [2.05, 4.69) is 43.5 Å². The van der Waals surface area contributed by atoms with Crippen molar-refractivity contribution in [1.82, 2.24) is 4.57 Å². The standard InChI is InChI=1S/C25H22BrIN2O4S/c1-5-33-24(31)20-14(3)28-25-29(21(20)16-8-6-13(2)7-9-16)23(30)19(34-25)12-15-10-17(26)22(32-4)18(27)11-15/h6-12,21H,5H2,1-4H3/b19-12+/t21-/m1/s1. The van der Waals surface area contributed by atoms with Crippen LogP contribution in [0.5, 0.6) is 5.75 Å². The number of thiazole rings is 1. The van der Waals surface area contributed by atoms with E-state index in [9.17, 15) is 9.59 Å². The smallest absolute Gasteiger partial charge is 0.338 e. The van der Waals surface area contributed by atoms with E-state index in [1.165, 1.54) is 11.3 Å². The van der Waals surface area contributed by atoms with Crippen LogP contribution in [0.4, 0.5) is 0 Å². The minimum atomic E-state index is -0.610. The number of carbonyl (C=O) groups is 1. The second-order valence-electron chi connectivity index (χ2n) is 7.73. The number of benzene rings is 2. The molecule has 0 aliphatic carbocycles. The van der Waals surface area contributed by atoms with Gasteiger partial charge < -0.3 is 9.47 Å². The molecule has 0 saturated heterocycles. The van der Waals surface area contributed by atoms with Gasteiger partial charge in [0, 0.05) is 0 Å². The predicted octanol–water partition coefficient (Wildman–Crippen LogP) is 4.48. The summed E-state index contributed by atoms with van der Waals surface area (Å²) in [7, 11) is 1.62. The van der Waals surface area contributed by atoms with Crippen LogP contribution in [-0.2, 0) is 9.53 Å². The summed E-state index contributed by atoms with van der Waals surface area (Å²) >= 11 is 7.04. The first kappa shape index (κ1) is 24.9. The Bertz CT molecular complexity index is 1470. The molecule has 34 heavy (non-hydrogen) atoms. The zero-order valence-electron chi connectivity index (χ0n) is 19.0. The number of fused-ring (bicyclic) bond motifs is 1. The molecule has 1 aromatic heterocycles. The number of carbonyl (C=O) groups excluding carboxylic acids is 1. The van der Waals surface area contributed by atoms with Crippen molar-refractivity contribution in [3.63, 3.8) is 0 Å². The van der Waals surface area contributed by atoms with Crippen molar-refractivity contribution < 1.29 is 14.3 Å². The molecule has 1 aliphatic rings. The molecule has 1 aliphatic heterocycles. The molecule has 0 radical (unpaired) electrons. The van der Waals surface area contributed by atoms with Crippen LogP contribution in [0.3, 0.4) is 0 Å². The summed E-state index contributed by atoms with van der Waals surface area (Å²) in [6.07, 6.45) is 1.84. The fourth-order valence-electron chi connectivity index (χ4n) is 3.86. The highest BCUT2D eigenvalue weighted by atomic mass is 127. The molecule has 0 N–H and O–H groups in total. The molecular formula is C25H22BrIN2O4S. The number of hydrogen-bond acceptors (Lipinski definition) is 6. The average molecular weight is 653 g/mol. The molecule has 9 heteroatoms. The molecule has 0 bridgehead atoms. The zero-order valence-corrected chi connectivity index (χ0v) is 23.6. The molecule has 0 saturated carbocycles. The van der Waals surface area contributed by atoms with Crippen molar-refractivity contribution in [3.05, 3.63) is 92.1 Å². The van der Waals surface area contributed by atoms with Crippen molar-refractivity contribution in [2.24, 2.45) is 4.99 Å². The lowest BCUT2D eigenvalue weighted by Crippen LogP contribution is -2.39. The van der Waals surface area contributed by atoms with Crippen molar-refractivity contribution in [2.45, 2.75) is 26.8 Å². The first-order chi connectivity index (χ1) is 16.2. The number of aromatic nitrogens is 1. The third-order valence-corrected chi connectivity index (χ3v) is 7.81. The summed E-state index contributed by atoms with van der Waals surface area (Å²) < 4.78 is 14.6. The normalized spacial score (nSPS) is 15.7. The molecule has 3 aromatic rings. The molecule has 6 nitrogen and oxygen atoms in total. The number of rotatable bonds is 5. The van der Waals surface area contributed by atoms with Crippen molar-refractivity contribution in [3.8, 4) is 5.75 Å². The molecule has 0 unspecified atom stereocenters. The van der Waals surface area contributed by atoms with Gasteiger partial charge in [0.2, 0.25) is 0 Å². The molecular weight excluding hydrogens is 631 g/mol. The summed E-state index contributed by atoms with van der Waals surface area (Å²) in [5.41, 5.74) is 3.51. The van der Waals surface area contributed by atoms with E-state index in [4.69, 9.17) is 9.47 Å². The summed E-state index contributed by atoms with van der Waals surface area (Å²) in [4.78, 5) is 31.8. The first-order valence-corrected chi connectivity index (χ1v) is 13.2. The van der Waals surface area contributed by atoms with E-state index in [-0.39, 0.29) is 12.2 Å². The van der Waals surface area contributed by atoms with Crippen LogP contribution < -0.4 is 19.6 Å². The van der Waals surface area contributed by atoms with E-state index < -0.39 is 12.0 Å². The van der Waals surface area contributed by atoms with Gasteiger partial charge in [-0.3, -0.25) is 9.36 Å². The topological polar surface area (TPSA) is 69.9 Å². The van der Waals surface area contributed by atoms with Gasteiger partial charge in [0.1, 0.15) is 5.75 Å². The Morgan fingerprint density at radius 1 is 1.26 bits per heavy atom. The lowest BCUT2D eigenvalue weighted by Gasteiger charge is -2.24. The highest BCUT2D eigenvalue weighted by Crippen LogP contribution is 2.32. The Labute approximate surface area is 222 Å². The number of methoxy groups -OCH3 is 1. The fraction of sp³-hybridized carbons (Fsp3) is 0.240. The lowest BCUT2D eigenvalue weighted by atomic mass is 9.95. The maximum Gasteiger partial charge on any atom is 0.338 e. The van der Waals surface area contributed by atoms with Gasteiger partial charge in [-0.05, 0) is 88.6 Å². The zero-order chi connectivity index (χ0) is 24.6. The third kappa shape index (κ3) is 4.65. The lowest BCUT2D eigenvalue weighted by molar-refractivity contribution is -0.139. The van der Waals surface area contributed by atoms with E-state index in [1.807, 2.05) is 49.4 Å². The Balaban J connectivity index is 1.94. The summed E-state index contributed by atoms with van der Waals surface area (Å²) in [6, 6.07) is 11.1. The minimum Gasteiger partial charge on any atom is -0.494 e. The van der Waals surface area contributed by atoms with Crippen molar-refractivity contribution in [1.29, 1.82) is 0 Å². The van der Waals surface area contributed by atoms with Gasteiger partial charge in [-0.25, -0.2) is 9.79 Å². The molecule has 0 amide bonds. The van der Waals surface area contributed by atoms with Crippen LogP contribution >= 0.6 is 49.9 Å². The summed E-state index contributed by atoms with van der Waals surface area (Å²) in [5.74, 6) is 0.283. The fourth-order valence-corrected chi connectivity index (χ4v) is 6.79. The quantitative estimate of drug-likeness (QED) is 0.301. The maximum atomic E-state index is 13.7. The van der Waals surface area contributed by atoms with Crippen LogP contribution in [-0.4, -0.2) is 24.3 Å². The Hall–Kier alpha value is -2.24. The second kappa shape index (κ2) is 10.2.